The number of nitrogens with zero attached hydrogens (tertiary/aromatic N) is 7. The molecule has 10 nitrogen and oxygen atoms in total. The first-order chi connectivity index (χ1) is 15.0. The first-order valence-electron chi connectivity index (χ1n) is 9.92. The first kappa shape index (κ1) is 20.7. The van der Waals surface area contributed by atoms with Crippen LogP contribution in [0.4, 0.5) is 29.0 Å². The van der Waals surface area contributed by atoms with E-state index >= 15 is 0 Å². The van der Waals surface area contributed by atoms with Crippen LogP contribution in [0, 0.1) is 17.9 Å². The van der Waals surface area contributed by atoms with Crippen LogP contribution < -0.4 is 21.3 Å². The van der Waals surface area contributed by atoms with Gasteiger partial charge in [-0.25, -0.2) is 4.98 Å². The van der Waals surface area contributed by atoms with Gasteiger partial charge in [0.1, 0.15) is 0 Å². The number of halogens is 1. The van der Waals surface area contributed by atoms with Crippen LogP contribution in [0.15, 0.2) is 18.3 Å². The fourth-order valence-corrected chi connectivity index (χ4v) is 3.82. The van der Waals surface area contributed by atoms with Crippen molar-refractivity contribution in [2.75, 3.05) is 35.2 Å². The molecule has 0 saturated carbocycles. The second-order valence-electron chi connectivity index (χ2n) is 7.20. The monoisotopic (exact) mass is 436 g/mol. The Balaban J connectivity index is 1.75. The summed E-state index contributed by atoms with van der Waals surface area (Å²) in [6.45, 7) is 11.4. The number of hydrogen-bond acceptors (Lipinski definition) is 8. The highest BCUT2D eigenvalue weighted by atomic mass is 35.5. The minimum atomic E-state index is 0.184. The summed E-state index contributed by atoms with van der Waals surface area (Å²) in [5.41, 5.74) is 8.23. The number of nitriles is 1. The summed E-state index contributed by atoms with van der Waals surface area (Å²) in [6.07, 6.45) is 3.17. The maximum atomic E-state index is 9.53. The Bertz CT molecular complexity index is 1200. The number of nitrogens with two attached hydrogens (primary N) is 1. The van der Waals surface area contributed by atoms with Crippen LogP contribution in [-0.2, 0) is 0 Å². The third kappa shape index (κ3) is 4.04. The molecule has 3 aromatic rings. The second kappa shape index (κ2) is 8.64. The average Bonchev–Trinajstić information content (AvgIpc) is 3.19. The molecule has 4 N–H and O–H groups in total. The predicted molar refractivity (Wildman–Crippen MR) is 120 cm³/mol. The van der Waals surface area contributed by atoms with Gasteiger partial charge in [0.2, 0.25) is 0 Å². The van der Waals surface area contributed by atoms with E-state index in [-0.39, 0.29) is 17.8 Å². The maximum absolute atomic E-state index is 9.53. The maximum Gasteiger partial charge on any atom is 0.275 e. The molecule has 0 aliphatic carbocycles. The van der Waals surface area contributed by atoms with Crippen molar-refractivity contribution in [3.8, 4) is 6.07 Å². The molecule has 31 heavy (non-hydrogen) atoms. The molecule has 0 unspecified atom stereocenters. The number of nitrogens with one attached hydrogen (secondary N) is 2. The number of hydrogen-bond donors (Lipinski definition) is 3. The normalized spacial score (nSPS) is 14.3. The highest BCUT2D eigenvalue weighted by Crippen LogP contribution is 2.37. The van der Waals surface area contributed by atoms with Crippen LogP contribution in [0.25, 0.3) is 10.5 Å². The molecule has 3 heterocycles. The standard InChI is InChI=1S/C20H21ClN10/c1-3-25-18-19-26-11-16(24-2)31(19)29-20(28-18)27-14-8-12(10-22)9-15(17(14)21)30-6-4-13(23)5-7-30/h8-9,11,13H,3-7,23H2,1H3,(H2,25,27,28,29). The van der Waals surface area contributed by atoms with Crippen molar-refractivity contribution in [3.63, 3.8) is 0 Å². The number of fused-ring (bicyclic) bond motifs is 1. The molecule has 1 aromatic carbocycles. The molecule has 0 radical (unpaired) electrons. The Kier molecular flexibility index (Phi) is 5.76. The summed E-state index contributed by atoms with van der Waals surface area (Å²) >= 11 is 6.73. The molecule has 1 aliphatic rings. The number of imidazole rings is 1. The minimum absolute atomic E-state index is 0.184. The van der Waals surface area contributed by atoms with E-state index in [9.17, 15) is 5.26 Å². The third-order valence-electron chi connectivity index (χ3n) is 5.11. The van der Waals surface area contributed by atoms with E-state index < -0.39 is 0 Å². The second-order valence-corrected chi connectivity index (χ2v) is 7.57. The molecule has 0 spiro atoms. The average molecular weight is 437 g/mol. The van der Waals surface area contributed by atoms with Gasteiger partial charge < -0.3 is 26.1 Å². The number of piperidine rings is 1. The summed E-state index contributed by atoms with van der Waals surface area (Å²) in [5.74, 6) is 0.990. The molecule has 1 fully saturated rings. The minimum Gasteiger partial charge on any atom is -0.370 e. The molecule has 0 atom stereocenters. The lowest BCUT2D eigenvalue weighted by Crippen LogP contribution is -2.39. The van der Waals surface area contributed by atoms with Gasteiger partial charge in [0.25, 0.3) is 17.4 Å². The van der Waals surface area contributed by atoms with Crippen molar-refractivity contribution < 1.29 is 0 Å². The molecule has 0 bridgehead atoms. The van der Waals surface area contributed by atoms with Crippen LogP contribution >= 0.6 is 11.6 Å². The van der Waals surface area contributed by atoms with E-state index in [1.165, 1.54) is 10.7 Å². The topological polar surface area (TPSA) is 125 Å². The fraction of sp³-hybridized carbons (Fsp3) is 0.350. The number of anilines is 4. The van der Waals surface area contributed by atoms with Gasteiger partial charge in [-0.05, 0) is 31.9 Å². The lowest BCUT2D eigenvalue weighted by Gasteiger charge is -2.33. The van der Waals surface area contributed by atoms with Crippen molar-refractivity contribution in [1.82, 2.24) is 19.6 Å². The van der Waals surface area contributed by atoms with Crippen molar-refractivity contribution in [2.24, 2.45) is 5.73 Å². The smallest absolute Gasteiger partial charge is 0.275 e. The fourth-order valence-electron chi connectivity index (χ4n) is 3.54. The molecule has 1 saturated heterocycles. The van der Waals surface area contributed by atoms with Gasteiger partial charge in [0.15, 0.2) is 5.82 Å². The molecular formula is C20H21ClN10. The molecule has 158 valence electrons. The van der Waals surface area contributed by atoms with Gasteiger partial charge in [0, 0.05) is 25.7 Å². The van der Waals surface area contributed by atoms with Crippen LogP contribution in [-0.4, -0.2) is 45.3 Å². The van der Waals surface area contributed by atoms with Gasteiger partial charge in [-0.2, -0.15) is 10.2 Å². The Labute approximate surface area is 184 Å². The highest BCUT2D eigenvalue weighted by Gasteiger charge is 2.22. The van der Waals surface area contributed by atoms with E-state index in [4.69, 9.17) is 23.9 Å². The Morgan fingerprint density at radius 3 is 2.84 bits per heavy atom. The van der Waals surface area contributed by atoms with E-state index in [0.717, 1.165) is 31.6 Å². The van der Waals surface area contributed by atoms with Crippen molar-refractivity contribution in [2.45, 2.75) is 25.8 Å². The summed E-state index contributed by atoms with van der Waals surface area (Å²) in [6, 6.07) is 5.81. The van der Waals surface area contributed by atoms with Crippen molar-refractivity contribution in [1.29, 1.82) is 5.26 Å². The summed E-state index contributed by atoms with van der Waals surface area (Å²) in [7, 11) is 0. The number of rotatable bonds is 5. The van der Waals surface area contributed by atoms with E-state index in [2.05, 4.69) is 41.5 Å². The van der Waals surface area contributed by atoms with Crippen LogP contribution in [0.2, 0.25) is 5.02 Å². The van der Waals surface area contributed by atoms with Gasteiger partial charge in [0.05, 0.1) is 34.2 Å². The lowest BCUT2D eigenvalue weighted by molar-refractivity contribution is 0.501. The molecule has 2 aromatic heterocycles. The zero-order valence-electron chi connectivity index (χ0n) is 16.9. The SMILES string of the molecule is [C-]#[N+]c1cnc2c(NCC)nc(Nc3cc(C#N)cc(N4CCC(N)CC4)c3Cl)nn12. The summed E-state index contributed by atoms with van der Waals surface area (Å²) in [4.78, 5) is 14.3. The largest absolute Gasteiger partial charge is 0.370 e. The molecule has 11 heteroatoms. The van der Waals surface area contributed by atoms with Gasteiger partial charge in [-0.1, -0.05) is 23.3 Å². The zero-order chi connectivity index (χ0) is 22.0. The van der Waals surface area contributed by atoms with Crippen LogP contribution in [0.1, 0.15) is 25.3 Å². The number of benzene rings is 1. The van der Waals surface area contributed by atoms with Crippen LogP contribution in [0.5, 0.6) is 0 Å². The van der Waals surface area contributed by atoms with Gasteiger partial charge >= 0.3 is 0 Å². The van der Waals surface area contributed by atoms with Gasteiger partial charge in [-0.3, -0.25) is 0 Å². The first-order valence-corrected chi connectivity index (χ1v) is 10.3. The Morgan fingerprint density at radius 1 is 1.39 bits per heavy atom. The van der Waals surface area contributed by atoms with Gasteiger partial charge in [-0.15, -0.1) is 4.52 Å². The quantitative estimate of drug-likeness (QED) is 0.520. The van der Waals surface area contributed by atoms with Crippen molar-refractivity contribution >= 4 is 46.2 Å². The van der Waals surface area contributed by atoms with E-state index in [1.54, 1.807) is 12.1 Å². The molecule has 0 amide bonds. The zero-order valence-corrected chi connectivity index (χ0v) is 17.7. The lowest BCUT2D eigenvalue weighted by atomic mass is 10.0. The van der Waals surface area contributed by atoms with Crippen LogP contribution in [0.3, 0.4) is 0 Å². The molecular weight excluding hydrogens is 416 g/mol. The summed E-state index contributed by atoms with van der Waals surface area (Å²) in [5, 5.41) is 20.7. The Hall–Kier alpha value is -3.60. The van der Waals surface area contributed by atoms with E-state index in [1.807, 2.05) is 6.92 Å². The Morgan fingerprint density at radius 2 is 2.16 bits per heavy atom. The van der Waals surface area contributed by atoms with Crippen molar-refractivity contribution in [3.05, 3.63) is 40.3 Å². The highest BCUT2D eigenvalue weighted by molar-refractivity contribution is 6.36. The van der Waals surface area contributed by atoms with E-state index in [0.29, 0.717) is 34.3 Å². The predicted octanol–water partition coefficient (Wildman–Crippen LogP) is 3.30. The number of aromatic nitrogens is 4. The third-order valence-corrected chi connectivity index (χ3v) is 5.51. The molecule has 4 rings (SSSR count). The summed E-state index contributed by atoms with van der Waals surface area (Å²) < 4.78 is 1.43. The molecule has 1 aliphatic heterocycles.